The first-order chi connectivity index (χ1) is 10.0. The molecule has 0 saturated heterocycles. The summed E-state index contributed by atoms with van der Waals surface area (Å²) in [5.74, 6) is 0.378. The van der Waals surface area contributed by atoms with Crippen LogP contribution in [0.5, 0.6) is 5.75 Å². The van der Waals surface area contributed by atoms with Crippen LogP contribution in [0.4, 0.5) is 5.69 Å². The van der Waals surface area contributed by atoms with E-state index in [1.165, 1.54) is 0 Å². The van der Waals surface area contributed by atoms with E-state index in [0.717, 1.165) is 10.0 Å². The topological polar surface area (TPSA) is 64.3 Å². The summed E-state index contributed by atoms with van der Waals surface area (Å²) in [7, 11) is 1.55. The molecule has 1 atom stereocenters. The predicted molar refractivity (Wildman–Crippen MR) is 87.4 cm³/mol. The molecule has 0 fully saturated rings. The van der Waals surface area contributed by atoms with Gasteiger partial charge < -0.3 is 15.8 Å². The van der Waals surface area contributed by atoms with Crippen molar-refractivity contribution in [2.24, 2.45) is 0 Å². The molecule has 2 aromatic rings. The van der Waals surface area contributed by atoms with Crippen LogP contribution in [0.25, 0.3) is 0 Å². The van der Waals surface area contributed by atoms with Crippen molar-refractivity contribution in [2.45, 2.75) is 13.0 Å². The Morgan fingerprint density at radius 3 is 2.71 bits per heavy atom. The zero-order valence-electron chi connectivity index (χ0n) is 11.9. The van der Waals surface area contributed by atoms with Gasteiger partial charge in [-0.1, -0.05) is 28.1 Å². The van der Waals surface area contributed by atoms with Gasteiger partial charge in [0, 0.05) is 10.2 Å². The van der Waals surface area contributed by atoms with Gasteiger partial charge in [-0.05, 0) is 42.8 Å². The molecule has 1 amide bonds. The number of hydrogen-bond donors (Lipinski definition) is 2. The summed E-state index contributed by atoms with van der Waals surface area (Å²) in [5, 5.41) is 2.94. The van der Waals surface area contributed by atoms with E-state index in [1.54, 1.807) is 25.3 Å². The highest BCUT2D eigenvalue weighted by molar-refractivity contribution is 9.10. The minimum Gasteiger partial charge on any atom is -0.497 e. The fourth-order valence-electron chi connectivity index (χ4n) is 1.99. The first-order valence-electron chi connectivity index (χ1n) is 6.51. The highest BCUT2D eigenvalue weighted by atomic mass is 79.9. The quantitative estimate of drug-likeness (QED) is 0.830. The summed E-state index contributed by atoms with van der Waals surface area (Å²) in [5.41, 5.74) is 7.71. The van der Waals surface area contributed by atoms with Gasteiger partial charge in [-0.25, -0.2) is 0 Å². The Hall–Kier alpha value is -2.01. The van der Waals surface area contributed by atoms with Gasteiger partial charge in [0.1, 0.15) is 5.75 Å². The Labute approximate surface area is 132 Å². The van der Waals surface area contributed by atoms with Crippen molar-refractivity contribution in [3.05, 3.63) is 58.1 Å². The normalized spacial score (nSPS) is 11.8. The van der Waals surface area contributed by atoms with Gasteiger partial charge in [0.05, 0.1) is 18.7 Å². The molecule has 3 N–H and O–H groups in total. The van der Waals surface area contributed by atoms with Crippen molar-refractivity contribution < 1.29 is 9.53 Å². The molecule has 2 aromatic carbocycles. The van der Waals surface area contributed by atoms with Crippen molar-refractivity contribution in [3.8, 4) is 5.75 Å². The maximum atomic E-state index is 12.3. The number of benzene rings is 2. The second-order valence-corrected chi connectivity index (χ2v) is 5.62. The molecular formula is C16H17BrN2O2. The largest absolute Gasteiger partial charge is 0.497 e. The second kappa shape index (κ2) is 6.63. The monoisotopic (exact) mass is 348 g/mol. The SMILES string of the molecule is COc1ccc(N)c(C(=O)N[C@H](C)c2cccc(Br)c2)c1. The molecule has 0 aliphatic rings. The number of carbonyl (C=O) groups is 1. The van der Waals surface area contributed by atoms with Crippen LogP contribution in [0, 0.1) is 0 Å². The number of carbonyl (C=O) groups excluding carboxylic acids is 1. The van der Waals surface area contributed by atoms with Crippen LogP contribution >= 0.6 is 15.9 Å². The molecule has 21 heavy (non-hydrogen) atoms. The highest BCUT2D eigenvalue weighted by Gasteiger charge is 2.15. The molecule has 0 aliphatic heterocycles. The minimum absolute atomic E-state index is 0.124. The zero-order valence-corrected chi connectivity index (χ0v) is 13.5. The van der Waals surface area contributed by atoms with E-state index in [4.69, 9.17) is 10.5 Å². The number of hydrogen-bond acceptors (Lipinski definition) is 3. The molecule has 0 aliphatic carbocycles. The van der Waals surface area contributed by atoms with Gasteiger partial charge in [0.15, 0.2) is 0 Å². The standard InChI is InChI=1S/C16H17BrN2O2/c1-10(11-4-3-5-12(17)8-11)19-16(20)14-9-13(21-2)6-7-15(14)18/h3-10H,18H2,1-2H3,(H,19,20)/t10-/m1/s1. The lowest BCUT2D eigenvalue weighted by Gasteiger charge is -2.16. The average Bonchev–Trinajstić information content (AvgIpc) is 2.47. The Balaban J connectivity index is 2.18. The van der Waals surface area contributed by atoms with Gasteiger partial charge in [0.25, 0.3) is 5.91 Å². The third-order valence-corrected chi connectivity index (χ3v) is 3.69. The molecule has 0 bridgehead atoms. The number of amides is 1. The van der Waals surface area contributed by atoms with E-state index >= 15 is 0 Å². The molecular weight excluding hydrogens is 332 g/mol. The van der Waals surface area contributed by atoms with E-state index in [0.29, 0.717) is 17.0 Å². The maximum Gasteiger partial charge on any atom is 0.253 e. The first-order valence-corrected chi connectivity index (χ1v) is 7.30. The van der Waals surface area contributed by atoms with E-state index in [9.17, 15) is 4.79 Å². The lowest BCUT2D eigenvalue weighted by atomic mass is 10.1. The Morgan fingerprint density at radius 2 is 2.05 bits per heavy atom. The van der Waals surface area contributed by atoms with E-state index in [1.807, 2.05) is 31.2 Å². The van der Waals surface area contributed by atoms with Crippen LogP contribution in [-0.2, 0) is 0 Å². The smallest absolute Gasteiger partial charge is 0.253 e. The number of anilines is 1. The molecule has 5 heteroatoms. The molecule has 2 rings (SSSR count). The fraction of sp³-hybridized carbons (Fsp3) is 0.188. The number of nitrogen functional groups attached to an aromatic ring is 1. The van der Waals surface area contributed by atoms with E-state index in [-0.39, 0.29) is 11.9 Å². The van der Waals surface area contributed by atoms with Gasteiger partial charge in [-0.2, -0.15) is 0 Å². The molecule has 0 spiro atoms. The predicted octanol–water partition coefficient (Wildman–Crippen LogP) is 3.53. The Bertz CT molecular complexity index is 658. The third kappa shape index (κ3) is 3.76. The Kier molecular flexibility index (Phi) is 4.85. The minimum atomic E-state index is -0.223. The summed E-state index contributed by atoms with van der Waals surface area (Å²) in [6.45, 7) is 1.93. The molecule has 0 aromatic heterocycles. The number of methoxy groups -OCH3 is 1. The maximum absolute atomic E-state index is 12.3. The first kappa shape index (κ1) is 15.4. The summed E-state index contributed by atoms with van der Waals surface area (Å²) >= 11 is 3.42. The molecule has 0 heterocycles. The van der Waals surface area contributed by atoms with Crippen molar-refractivity contribution in [1.82, 2.24) is 5.32 Å². The van der Waals surface area contributed by atoms with Crippen LogP contribution in [0.2, 0.25) is 0 Å². The molecule has 110 valence electrons. The summed E-state index contributed by atoms with van der Waals surface area (Å²) in [6, 6.07) is 12.7. The van der Waals surface area contributed by atoms with Crippen molar-refractivity contribution in [2.75, 3.05) is 12.8 Å². The summed E-state index contributed by atoms with van der Waals surface area (Å²) < 4.78 is 6.10. The van der Waals surface area contributed by atoms with E-state index < -0.39 is 0 Å². The average molecular weight is 349 g/mol. The highest BCUT2D eigenvalue weighted by Crippen LogP contribution is 2.22. The molecule has 4 nitrogen and oxygen atoms in total. The number of halogens is 1. The van der Waals surface area contributed by atoms with Crippen LogP contribution in [-0.4, -0.2) is 13.0 Å². The van der Waals surface area contributed by atoms with Crippen LogP contribution in [0.1, 0.15) is 28.9 Å². The van der Waals surface area contributed by atoms with Crippen LogP contribution in [0.15, 0.2) is 46.9 Å². The lowest BCUT2D eigenvalue weighted by Crippen LogP contribution is -2.27. The lowest BCUT2D eigenvalue weighted by molar-refractivity contribution is 0.0940. The number of nitrogens with one attached hydrogen (secondary N) is 1. The zero-order chi connectivity index (χ0) is 15.4. The number of rotatable bonds is 4. The Morgan fingerprint density at radius 1 is 1.29 bits per heavy atom. The van der Waals surface area contributed by atoms with Crippen molar-refractivity contribution in [1.29, 1.82) is 0 Å². The number of nitrogens with two attached hydrogens (primary N) is 1. The van der Waals surface area contributed by atoms with Gasteiger partial charge >= 0.3 is 0 Å². The van der Waals surface area contributed by atoms with Crippen LogP contribution < -0.4 is 15.8 Å². The van der Waals surface area contributed by atoms with E-state index in [2.05, 4.69) is 21.2 Å². The van der Waals surface area contributed by atoms with Crippen molar-refractivity contribution >= 4 is 27.5 Å². The van der Waals surface area contributed by atoms with Crippen LogP contribution in [0.3, 0.4) is 0 Å². The van der Waals surface area contributed by atoms with Gasteiger partial charge in [0.2, 0.25) is 0 Å². The van der Waals surface area contributed by atoms with Gasteiger partial charge in [-0.15, -0.1) is 0 Å². The number of ether oxygens (including phenoxy) is 1. The molecule has 0 saturated carbocycles. The summed E-state index contributed by atoms with van der Waals surface area (Å²) in [6.07, 6.45) is 0. The third-order valence-electron chi connectivity index (χ3n) is 3.20. The fourth-order valence-corrected chi connectivity index (χ4v) is 2.41. The molecule has 0 radical (unpaired) electrons. The second-order valence-electron chi connectivity index (χ2n) is 4.70. The van der Waals surface area contributed by atoms with Crippen molar-refractivity contribution in [3.63, 3.8) is 0 Å². The summed E-state index contributed by atoms with van der Waals surface area (Å²) in [4.78, 5) is 12.3. The van der Waals surface area contributed by atoms with Gasteiger partial charge in [-0.3, -0.25) is 4.79 Å². The molecule has 0 unspecified atom stereocenters.